The molecule has 0 atom stereocenters. The standard InChI is InChI=1S/C24H28N2O4/c1-4-5-10-25(3)23(29)9-7-17-6-8-18-14-26(15-19(18)12-17)24(30)20-11-16(2)21(27)13-22(20)28/h2,6,8,11-13,27-28H,4-5,7,9-10,14-15H2,1,3H3. The highest BCUT2D eigenvalue weighted by Crippen LogP contribution is 2.31. The summed E-state index contributed by atoms with van der Waals surface area (Å²) in [5, 5.41) is 19.6. The average molecular weight is 408 g/mol. The van der Waals surface area contributed by atoms with Gasteiger partial charge in [-0.2, -0.15) is 0 Å². The molecule has 2 aromatic carbocycles. The van der Waals surface area contributed by atoms with E-state index in [9.17, 15) is 19.8 Å². The number of hydrogen-bond donors (Lipinski definition) is 2. The SMILES string of the molecule is [CH]c1cc(C(=O)N2Cc3ccc(CCC(=O)N(C)CCCC)cc3C2)c(O)cc1O. The molecule has 2 N–H and O–H groups in total. The quantitative estimate of drug-likeness (QED) is 0.735. The molecule has 0 unspecified atom stereocenters. The molecule has 0 saturated heterocycles. The normalized spacial score (nSPS) is 12.7. The summed E-state index contributed by atoms with van der Waals surface area (Å²) in [5.74, 6) is -0.756. The van der Waals surface area contributed by atoms with Crippen LogP contribution in [0.2, 0.25) is 0 Å². The number of fused-ring (bicyclic) bond motifs is 1. The zero-order valence-electron chi connectivity index (χ0n) is 17.5. The van der Waals surface area contributed by atoms with Gasteiger partial charge in [0.15, 0.2) is 0 Å². The van der Waals surface area contributed by atoms with Crippen molar-refractivity contribution in [3.8, 4) is 11.5 Å². The van der Waals surface area contributed by atoms with E-state index in [1.165, 1.54) is 6.07 Å². The average Bonchev–Trinajstić information content (AvgIpc) is 3.15. The summed E-state index contributed by atoms with van der Waals surface area (Å²) < 4.78 is 0. The van der Waals surface area contributed by atoms with Crippen molar-refractivity contribution < 1.29 is 19.8 Å². The Morgan fingerprint density at radius 2 is 1.83 bits per heavy atom. The third-order valence-electron chi connectivity index (χ3n) is 5.56. The third-order valence-corrected chi connectivity index (χ3v) is 5.56. The molecule has 0 aromatic heterocycles. The van der Waals surface area contributed by atoms with Crippen LogP contribution in [0.3, 0.4) is 0 Å². The van der Waals surface area contributed by atoms with Crippen LogP contribution in [0.1, 0.15) is 58.8 Å². The summed E-state index contributed by atoms with van der Waals surface area (Å²) in [5.41, 5.74) is 3.27. The van der Waals surface area contributed by atoms with Gasteiger partial charge in [-0.1, -0.05) is 31.5 Å². The molecule has 30 heavy (non-hydrogen) atoms. The van der Waals surface area contributed by atoms with Crippen molar-refractivity contribution in [2.45, 2.75) is 45.7 Å². The Bertz CT molecular complexity index is 954. The molecular formula is C24H28N2O4. The fourth-order valence-corrected chi connectivity index (χ4v) is 3.64. The van der Waals surface area contributed by atoms with E-state index < -0.39 is 0 Å². The van der Waals surface area contributed by atoms with Gasteiger partial charge in [0.05, 0.1) is 5.56 Å². The predicted octanol–water partition coefficient (Wildman–Crippen LogP) is 3.50. The minimum Gasteiger partial charge on any atom is -0.508 e. The van der Waals surface area contributed by atoms with E-state index in [1.54, 1.807) is 9.80 Å². The molecule has 0 saturated carbocycles. The smallest absolute Gasteiger partial charge is 0.258 e. The largest absolute Gasteiger partial charge is 0.508 e. The van der Waals surface area contributed by atoms with Crippen LogP contribution < -0.4 is 0 Å². The Hall–Kier alpha value is -3.02. The first-order valence-corrected chi connectivity index (χ1v) is 10.3. The molecule has 0 spiro atoms. The highest BCUT2D eigenvalue weighted by Gasteiger charge is 2.26. The first-order valence-electron chi connectivity index (χ1n) is 10.3. The molecule has 6 heteroatoms. The van der Waals surface area contributed by atoms with Crippen molar-refractivity contribution in [2.24, 2.45) is 0 Å². The van der Waals surface area contributed by atoms with E-state index in [4.69, 9.17) is 6.92 Å². The molecule has 0 bridgehead atoms. The molecule has 2 aromatic rings. The number of carbonyl (C=O) groups excluding carboxylic acids is 2. The van der Waals surface area contributed by atoms with E-state index in [1.807, 2.05) is 25.2 Å². The number of amides is 2. The van der Waals surface area contributed by atoms with Gasteiger partial charge in [-0.15, -0.1) is 0 Å². The van der Waals surface area contributed by atoms with Gasteiger partial charge >= 0.3 is 0 Å². The summed E-state index contributed by atoms with van der Waals surface area (Å²) in [6.07, 6.45) is 3.19. The third kappa shape index (κ3) is 4.75. The first kappa shape index (κ1) is 21.7. The minimum atomic E-state index is -0.343. The zero-order valence-corrected chi connectivity index (χ0v) is 17.5. The van der Waals surface area contributed by atoms with E-state index >= 15 is 0 Å². The van der Waals surface area contributed by atoms with Crippen molar-refractivity contribution in [3.05, 3.63) is 65.1 Å². The van der Waals surface area contributed by atoms with Crippen molar-refractivity contribution in [2.75, 3.05) is 13.6 Å². The van der Waals surface area contributed by atoms with Crippen LogP contribution >= 0.6 is 0 Å². The van der Waals surface area contributed by atoms with Crippen molar-refractivity contribution in [3.63, 3.8) is 0 Å². The number of nitrogens with zero attached hydrogens (tertiary/aromatic N) is 2. The number of unbranched alkanes of at least 4 members (excludes halogenated alkanes) is 1. The number of rotatable bonds is 7. The lowest BCUT2D eigenvalue weighted by Crippen LogP contribution is -2.27. The fraction of sp³-hybridized carbons (Fsp3) is 0.375. The molecule has 1 aliphatic rings. The number of hydrogen-bond acceptors (Lipinski definition) is 4. The Morgan fingerprint density at radius 1 is 1.10 bits per heavy atom. The molecular weight excluding hydrogens is 380 g/mol. The molecule has 1 aliphatic heterocycles. The Morgan fingerprint density at radius 3 is 2.57 bits per heavy atom. The monoisotopic (exact) mass is 408 g/mol. The van der Waals surface area contributed by atoms with E-state index in [0.29, 0.717) is 25.9 Å². The van der Waals surface area contributed by atoms with Gasteiger partial charge in [0.1, 0.15) is 11.5 Å². The highest BCUT2D eigenvalue weighted by atomic mass is 16.3. The maximum absolute atomic E-state index is 12.8. The fourth-order valence-electron chi connectivity index (χ4n) is 3.64. The second-order valence-corrected chi connectivity index (χ2v) is 7.86. The molecule has 0 aliphatic carbocycles. The van der Waals surface area contributed by atoms with Gasteiger partial charge in [-0.25, -0.2) is 0 Å². The maximum Gasteiger partial charge on any atom is 0.258 e. The molecule has 2 amide bonds. The molecule has 1 heterocycles. The first-order chi connectivity index (χ1) is 14.3. The summed E-state index contributed by atoms with van der Waals surface area (Å²) in [4.78, 5) is 28.5. The van der Waals surface area contributed by atoms with E-state index in [0.717, 1.165) is 42.1 Å². The molecule has 0 fully saturated rings. The summed E-state index contributed by atoms with van der Waals surface area (Å²) >= 11 is 0. The van der Waals surface area contributed by atoms with E-state index in [2.05, 4.69) is 6.92 Å². The number of aryl methyl sites for hydroxylation is 1. The van der Waals surface area contributed by atoms with Gasteiger partial charge in [-0.05, 0) is 41.2 Å². The van der Waals surface area contributed by atoms with Crippen molar-refractivity contribution >= 4 is 11.8 Å². The van der Waals surface area contributed by atoms with Gasteiger partial charge < -0.3 is 20.0 Å². The van der Waals surface area contributed by atoms with Crippen molar-refractivity contribution in [1.82, 2.24) is 9.80 Å². The lowest BCUT2D eigenvalue weighted by Gasteiger charge is -2.17. The lowest BCUT2D eigenvalue weighted by atomic mass is 10.0. The summed E-state index contributed by atoms with van der Waals surface area (Å²) in [6.45, 7) is 9.42. The number of phenols is 2. The van der Waals surface area contributed by atoms with Crippen LogP contribution in [0.5, 0.6) is 11.5 Å². The Labute approximate surface area is 177 Å². The summed E-state index contributed by atoms with van der Waals surface area (Å²) in [6, 6.07) is 8.42. The molecule has 3 rings (SSSR count). The van der Waals surface area contributed by atoms with Crippen LogP contribution in [0.4, 0.5) is 0 Å². The second kappa shape index (κ2) is 9.20. The van der Waals surface area contributed by atoms with E-state index in [-0.39, 0.29) is 34.4 Å². The Kier molecular flexibility index (Phi) is 6.65. The van der Waals surface area contributed by atoms with Crippen molar-refractivity contribution in [1.29, 1.82) is 0 Å². The topological polar surface area (TPSA) is 81.1 Å². The maximum atomic E-state index is 12.8. The van der Waals surface area contributed by atoms with Gasteiger partial charge in [0.2, 0.25) is 5.91 Å². The predicted molar refractivity (Wildman–Crippen MR) is 114 cm³/mol. The van der Waals surface area contributed by atoms with Crippen LogP contribution in [0.15, 0.2) is 30.3 Å². The number of carbonyl (C=O) groups is 2. The minimum absolute atomic E-state index is 0.0451. The molecule has 158 valence electrons. The molecule has 6 nitrogen and oxygen atoms in total. The zero-order chi connectivity index (χ0) is 21.8. The van der Waals surface area contributed by atoms with Crippen LogP contribution in [-0.2, 0) is 24.3 Å². The van der Waals surface area contributed by atoms with Gasteiger partial charge in [-0.3, -0.25) is 9.59 Å². The van der Waals surface area contributed by atoms with Gasteiger partial charge in [0.25, 0.3) is 5.91 Å². The molecule has 2 radical (unpaired) electrons. The lowest BCUT2D eigenvalue weighted by molar-refractivity contribution is -0.129. The second-order valence-electron chi connectivity index (χ2n) is 7.86. The van der Waals surface area contributed by atoms with Gasteiger partial charge in [0, 0.05) is 46.1 Å². The Balaban J connectivity index is 1.64. The number of benzene rings is 2. The van der Waals surface area contributed by atoms with Crippen LogP contribution in [0, 0.1) is 6.92 Å². The number of phenolic OH excluding ortho intramolecular Hbond substituents is 2. The number of aromatic hydroxyl groups is 2. The highest BCUT2D eigenvalue weighted by molar-refractivity contribution is 5.97. The summed E-state index contributed by atoms with van der Waals surface area (Å²) in [7, 11) is 1.84. The van der Waals surface area contributed by atoms with Crippen LogP contribution in [-0.4, -0.2) is 45.4 Å². The van der Waals surface area contributed by atoms with Crippen LogP contribution in [0.25, 0.3) is 0 Å².